The maximum Gasteiger partial charge on any atom is 0.264 e. The van der Waals surface area contributed by atoms with Gasteiger partial charge in [0.05, 0.1) is 23.7 Å². The fraction of sp³-hybridized carbons (Fsp3) is 0.310. The van der Waals surface area contributed by atoms with Gasteiger partial charge in [0.25, 0.3) is 10.0 Å². The molecule has 0 unspecified atom stereocenters. The summed E-state index contributed by atoms with van der Waals surface area (Å²) in [5, 5.41) is 10.5. The molecule has 0 spiro atoms. The molecule has 0 saturated heterocycles. The zero-order chi connectivity index (χ0) is 26.1. The van der Waals surface area contributed by atoms with Crippen LogP contribution >= 0.6 is 11.6 Å². The van der Waals surface area contributed by atoms with E-state index >= 15 is 0 Å². The van der Waals surface area contributed by atoms with Crippen molar-refractivity contribution in [1.82, 2.24) is 4.90 Å². The molecule has 0 aliphatic rings. The molecule has 0 amide bonds. The van der Waals surface area contributed by atoms with Gasteiger partial charge in [-0.15, -0.1) is 0 Å². The van der Waals surface area contributed by atoms with Gasteiger partial charge in [-0.1, -0.05) is 85.6 Å². The number of benzene rings is 3. The van der Waals surface area contributed by atoms with Crippen LogP contribution in [0.1, 0.15) is 30.5 Å². The second kappa shape index (κ2) is 13.1. The number of hydrogen-bond acceptors (Lipinski definition) is 4. The zero-order valence-electron chi connectivity index (χ0n) is 21.1. The van der Waals surface area contributed by atoms with Crippen molar-refractivity contribution in [2.75, 3.05) is 30.5 Å². The fourth-order valence-electron chi connectivity index (χ4n) is 4.06. The molecule has 5 nitrogen and oxygen atoms in total. The number of aryl methyl sites for hydroxylation is 1. The second-order valence-electron chi connectivity index (χ2n) is 9.28. The second-order valence-corrected chi connectivity index (χ2v) is 11.6. The molecular weight excluding hydrogens is 492 g/mol. The Hall–Kier alpha value is -2.64. The molecular formula is C29H35ClN2O3S. The number of sulfonamides is 1. The van der Waals surface area contributed by atoms with E-state index < -0.39 is 10.0 Å². The zero-order valence-corrected chi connectivity index (χ0v) is 22.7. The summed E-state index contributed by atoms with van der Waals surface area (Å²) in [6.45, 7) is 8.09. The third-order valence-corrected chi connectivity index (χ3v) is 7.81. The highest BCUT2D eigenvalue weighted by molar-refractivity contribution is 7.92. The van der Waals surface area contributed by atoms with Crippen molar-refractivity contribution in [1.29, 1.82) is 0 Å². The molecule has 0 atom stereocenters. The Morgan fingerprint density at radius 1 is 0.972 bits per heavy atom. The first-order valence-corrected chi connectivity index (χ1v) is 13.9. The van der Waals surface area contributed by atoms with E-state index in [0.717, 1.165) is 23.2 Å². The summed E-state index contributed by atoms with van der Waals surface area (Å²) in [5.41, 5.74) is 3.53. The number of anilines is 1. The lowest BCUT2D eigenvalue weighted by molar-refractivity contribution is 0.261. The van der Waals surface area contributed by atoms with Gasteiger partial charge in [0.15, 0.2) is 0 Å². The van der Waals surface area contributed by atoms with Crippen molar-refractivity contribution in [2.45, 2.75) is 32.2 Å². The van der Waals surface area contributed by atoms with Crippen molar-refractivity contribution < 1.29 is 13.5 Å². The van der Waals surface area contributed by atoms with Crippen LogP contribution in [0.4, 0.5) is 5.69 Å². The molecule has 3 aromatic carbocycles. The molecule has 0 radical (unpaired) electrons. The molecule has 0 bridgehead atoms. The third-order valence-electron chi connectivity index (χ3n) is 5.73. The lowest BCUT2D eigenvalue weighted by Gasteiger charge is -2.29. The molecule has 0 aliphatic heterocycles. The highest BCUT2D eigenvalue weighted by Gasteiger charge is 2.26. The van der Waals surface area contributed by atoms with Gasteiger partial charge in [-0.3, -0.25) is 9.21 Å². The van der Waals surface area contributed by atoms with E-state index in [4.69, 9.17) is 11.6 Å². The average Bonchev–Trinajstić information content (AvgIpc) is 2.84. The summed E-state index contributed by atoms with van der Waals surface area (Å²) in [6.07, 6.45) is 4.18. The average molecular weight is 527 g/mol. The first-order chi connectivity index (χ1) is 17.2. The van der Waals surface area contributed by atoms with Crippen molar-refractivity contribution in [3.05, 3.63) is 101 Å². The minimum Gasteiger partial charge on any atom is -0.394 e. The van der Waals surface area contributed by atoms with E-state index in [1.165, 1.54) is 4.31 Å². The Bertz CT molecular complexity index is 1240. The van der Waals surface area contributed by atoms with Crippen LogP contribution in [0, 0.1) is 12.8 Å². The van der Waals surface area contributed by atoms with Gasteiger partial charge in [0.1, 0.15) is 0 Å². The minimum absolute atomic E-state index is 0.0200. The van der Waals surface area contributed by atoms with Crippen LogP contribution in [0.25, 0.3) is 6.08 Å². The number of aliphatic hydroxyl groups is 1. The van der Waals surface area contributed by atoms with Gasteiger partial charge >= 0.3 is 0 Å². The predicted octanol–water partition coefficient (Wildman–Crippen LogP) is 6.01. The van der Waals surface area contributed by atoms with Gasteiger partial charge in [0.2, 0.25) is 0 Å². The van der Waals surface area contributed by atoms with Crippen LogP contribution in [-0.4, -0.2) is 44.7 Å². The van der Waals surface area contributed by atoms with Crippen LogP contribution in [0.15, 0.2) is 83.8 Å². The monoisotopic (exact) mass is 526 g/mol. The van der Waals surface area contributed by atoms with Gasteiger partial charge in [0, 0.05) is 24.7 Å². The highest BCUT2D eigenvalue weighted by Crippen LogP contribution is 2.28. The summed E-state index contributed by atoms with van der Waals surface area (Å²) < 4.78 is 28.5. The lowest BCUT2D eigenvalue weighted by atomic mass is 10.1. The van der Waals surface area contributed by atoms with E-state index in [0.29, 0.717) is 29.7 Å². The maximum absolute atomic E-state index is 13.6. The van der Waals surface area contributed by atoms with Gasteiger partial charge in [-0.05, 0) is 54.3 Å². The molecule has 7 heteroatoms. The van der Waals surface area contributed by atoms with Gasteiger partial charge in [-0.2, -0.15) is 0 Å². The van der Waals surface area contributed by atoms with Crippen LogP contribution in [0.5, 0.6) is 0 Å². The van der Waals surface area contributed by atoms with E-state index in [2.05, 4.69) is 30.9 Å². The molecule has 3 aromatic rings. The normalized spacial score (nSPS) is 12.1. The Morgan fingerprint density at radius 2 is 1.64 bits per heavy atom. The minimum atomic E-state index is -3.84. The smallest absolute Gasteiger partial charge is 0.264 e. The first-order valence-electron chi connectivity index (χ1n) is 12.1. The fourth-order valence-corrected chi connectivity index (χ4v) is 5.68. The summed E-state index contributed by atoms with van der Waals surface area (Å²) in [6, 6.07) is 22.0. The number of halogens is 1. The van der Waals surface area contributed by atoms with Crippen LogP contribution in [0.3, 0.4) is 0 Å². The third kappa shape index (κ3) is 7.68. The molecule has 0 aromatic heterocycles. The Labute approximate surface area is 220 Å². The highest BCUT2D eigenvalue weighted by atomic mass is 35.5. The van der Waals surface area contributed by atoms with E-state index in [9.17, 15) is 13.5 Å². The molecule has 0 fully saturated rings. The van der Waals surface area contributed by atoms with E-state index in [-0.39, 0.29) is 18.0 Å². The first kappa shape index (κ1) is 27.9. The largest absolute Gasteiger partial charge is 0.394 e. The molecule has 192 valence electrons. The van der Waals surface area contributed by atoms with Gasteiger partial charge < -0.3 is 5.11 Å². The molecule has 0 heterocycles. The van der Waals surface area contributed by atoms with E-state index in [1.807, 2.05) is 55.5 Å². The standard InChI is InChI=1S/C29H35ClN2O3S/c1-23(2)21-31(18-6-7-25-12-14-27(30)15-13-25)22-26-8-4-5-9-29(26)32(19-20-33)36(34,35)28-16-10-24(3)11-17-28/h4-17,23,33H,18-22H2,1-3H3/b7-6+. The van der Waals surface area contributed by atoms with Crippen molar-refractivity contribution >= 4 is 33.4 Å². The Balaban J connectivity index is 1.89. The van der Waals surface area contributed by atoms with Gasteiger partial charge in [-0.25, -0.2) is 8.42 Å². The Kier molecular flexibility index (Phi) is 10.1. The predicted molar refractivity (Wildman–Crippen MR) is 150 cm³/mol. The number of aliphatic hydroxyl groups excluding tert-OH is 1. The van der Waals surface area contributed by atoms with Crippen molar-refractivity contribution in [3.63, 3.8) is 0 Å². The van der Waals surface area contributed by atoms with Crippen LogP contribution in [0.2, 0.25) is 5.02 Å². The topological polar surface area (TPSA) is 60.9 Å². The SMILES string of the molecule is Cc1ccc(S(=O)(=O)N(CCO)c2ccccc2CN(C/C=C/c2ccc(Cl)cc2)CC(C)C)cc1. The lowest BCUT2D eigenvalue weighted by Crippen LogP contribution is -2.35. The van der Waals surface area contributed by atoms with Crippen LogP contribution < -0.4 is 4.31 Å². The molecule has 3 rings (SSSR count). The summed E-state index contributed by atoms with van der Waals surface area (Å²) >= 11 is 5.99. The molecule has 0 aliphatic carbocycles. The molecule has 36 heavy (non-hydrogen) atoms. The summed E-state index contributed by atoms with van der Waals surface area (Å²) in [5.74, 6) is 0.436. The number of hydrogen-bond donors (Lipinski definition) is 1. The maximum atomic E-state index is 13.6. The quantitative estimate of drug-likeness (QED) is 0.314. The Morgan fingerprint density at radius 3 is 2.28 bits per heavy atom. The van der Waals surface area contributed by atoms with Crippen molar-refractivity contribution in [3.8, 4) is 0 Å². The summed E-state index contributed by atoms with van der Waals surface area (Å²) in [4.78, 5) is 2.51. The number of para-hydroxylation sites is 1. The molecule has 1 N–H and O–H groups in total. The number of nitrogens with zero attached hydrogens (tertiary/aromatic N) is 2. The van der Waals surface area contributed by atoms with Crippen molar-refractivity contribution in [2.24, 2.45) is 5.92 Å². The summed E-state index contributed by atoms with van der Waals surface area (Å²) in [7, 11) is -3.84. The van der Waals surface area contributed by atoms with E-state index in [1.54, 1.807) is 24.3 Å². The number of rotatable bonds is 12. The van der Waals surface area contributed by atoms with Crippen LogP contribution in [-0.2, 0) is 16.6 Å². The molecule has 0 saturated carbocycles.